The summed E-state index contributed by atoms with van der Waals surface area (Å²) in [5, 5.41) is 0. The van der Waals surface area contributed by atoms with Crippen molar-refractivity contribution in [2.24, 2.45) is 14.7 Å². The zero-order valence-corrected chi connectivity index (χ0v) is 10.3. The fourth-order valence-corrected chi connectivity index (χ4v) is 1.34. The minimum Gasteiger partial charge on any atom is -0.272 e. The lowest BCUT2D eigenvalue weighted by Gasteiger charge is -2.07. The van der Waals surface area contributed by atoms with Crippen LogP contribution in [0.1, 0.15) is 0 Å². The van der Waals surface area contributed by atoms with Crippen LogP contribution in [0.2, 0.25) is 0 Å². The number of aromatic nitrogens is 3. The Morgan fingerprint density at radius 1 is 0.619 bits per heavy atom. The molecular weight excluding hydrogens is 285 g/mol. The molecule has 102 valence electrons. The molecule has 0 fully saturated rings. The molecule has 12 nitrogen and oxygen atoms in total. The molecule has 0 saturated heterocycles. The molecule has 0 radical (unpaired) electrons. The normalized spacial score (nSPS) is 8.57. The van der Waals surface area contributed by atoms with Gasteiger partial charge in [0.1, 0.15) is 0 Å². The summed E-state index contributed by atoms with van der Waals surface area (Å²) in [7, 11) is -2.09. The van der Waals surface area contributed by atoms with Crippen molar-refractivity contribution in [1.29, 1.82) is 0 Å². The van der Waals surface area contributed by atoms with Gasteiger partial charge in [0.2, 0.25) is 18.2 Å². The first-order valence-electron chi connectivity index (χ1n) is 5.13. The largest absolute Gasteiger partial charge is 0.404 e. The molecule has 0 amide bonds. The first-order chi connectivity index (χ1) is 10.1. The van der Waals surface area contributed by atoms with E-state index in [1.54, 1.807) is 0 Å². The third kappa shape index (κ3) is 3.40. The fourth-order valence-electron chi connectivity index (χ4n) is 1.34. The molecule has 21 heavy (non-hydrogen) atoms. The topological polar surface area (TPSA) is 154 Å². The van der Waals surface area contributed by atoms with Crippen LogP contribution in [0.15, 0.2) is 29.1 Å². The van der Waals surface area contributed by atoms with E-state index in [2.05, 4.69) is 14.7 Å². The van der Waals surface area contributed by atoms with E-state index in [0.29, 0.717) is 13.4 Å². The molecule has 0 aliphatic rings. The SMILES string of the molecule is O=C=NBn1c(=O)n(BN=C=O)c(=O)n(BN=C=O)c1=O. The second-order valence-corrected chi connectivity index (χ2v) is 3.30. The lowest BCUT2D eigenvalue weighted by Crippen LogP contribution is -2.57. The molecule has 1 aromatic heterocycles. The molecule has 0 aromatic carbocycles. The molecule has 1 aromatic rings. The lowest BCUT2D eigenvalue weighted by molar-refractivity contribution is 0.565. The highest BCUT2D eigenvalue weighted by atomic mass is 16.2. The van der Waals surface area contributed by atoms with E-state index in [-0.39, 0.29) is 0 Å². The van der Waals surface area contributed by atoms with Crippen LogP contribution < -0.4 is 17.1 Å². The quantitative estimate of drug-likeness (QED) is 0.289. The van der Waals surface area contributed by atoms with Gasteiger partial charge in [0.15, 0.2) is 0 Å². The van der Waals surface area contributed by atoms with Gasteiger partial charge in [-0.1, -0.05) is 0 Å². The Labute approximate surface area is 116 Å². The van der Waals surface area contributed by atoms with Crippen LogP contribution in [-0.4, -0.2) is 54.3 Å². The van der Waals surface area contributed by atoms with Crippen LogP contribution in [0.5, 0.6) is 0 Å². The zero-order chi connectivity index (χ0) is 15.8. The standard InChI is InChI=1S/C6H3B3N6O6/c16-1-10-7-13-4(19)14(8-11-2-17)6(21)15(5(13)20)9-12-3-18/h7-9H. The van der Waals surface area contributed by atoms with Gasteiger partial charge in [-0.3, -0.25) is 13.4 Å². The van der Waals surface area contributed by atoms with Crippen molar-refractivity contribution in [2.45, 2.75) is 0 Å². The summed E-state index contributed by atoms with van der Waals surface area (Å²) in [5.41, 5.74) is -3.43. The minimum atomic E-state index is -1.14. The summed E-state index contributed by atoms with van der Waals surface area (Å²) in [6, 6.07) is 0. The second kappa shape index (κ2) is 7.36. The number of isocyanates is 3. The van der Waals surface area contributed by atoms with E-state index in [1.165, 1.54) is 0 Å². The Balaban J connectivity index is 3.72. The fraction of sp³-hybridized carbons (Fsp3) is 0. The summed E-state index contributed by atoms with van der Waals surface area (Å²) < 4.78 is 1.23. The highest BCUT2D eigenvalue weighted by molar-refractivity contribution is 6.35. The second-order valence-electron chi connectivity index (χ2n) is 3.30. The number of nitrogens with zero attached hydrogens (tertiary/aromatic N) is 6. The van der Waals surface area contributed by atoms with Gasteiger partial charge in [-0.25, -0.2) is 43.5 Å². The third-order valence-electron chi connectivity index (χ3n) is 2.22. The molecule has 0 atom stereocenters. The highest BCUT2D eigenvalue weighted by Crippen LogP contribution is 1.71. The van der Waals surface area contributed by atoms with Crippen LogP contribution in [0.3, 0.4) is 0 Å². The highest BCUT2D eigenvalue weighted by Gasteiger charge is 2.16. The molecule has 1 heterocycles. The average Bonchev–Trinajstić information content (AvgIpc) is 2.47. The van der Waals surface area contributed by atoms with Gasteiger partial charge in [0, 0.05) is 0 Å². The number of hydrogen-bond donors (Lipinski definition) is 0. The Kier molecular flexibility index (Phi) is 5.54. The molecule has 1 rings (SSSR count). The number of hydrogen-bond acceptors (Lipinski definition) is 9. The van der Waals surface area contributed by atoms with Gasteiger partial charge in [0.25, 0.3) is 0 Å². The van der Waals surface area contributed by atoms with E-state index >= 15 is 0 Å². The van der Waals surface area contributed by atoms with E-state index in [1.807, 2.05) is 0 Å². The van der Waals surface area contributed by atoms with Gasteiger partial charge >= 0.3 is 39.7 Å². The third-order valence-corrected chi connectivity index (χ3v) is 2.22. The van der Waals surface area contributed by atoms with E-state index in [9.17, 15) is 28.8 Å². The summed E-state index contributed by atoms with van der Waals surface area (Å²) in [5.74, 6) is 0. The number of carbonyl (C=O) groups excluding carboxylic acids is 3. The van der Waals surface area contributed by atoms with Gasteiger partial charge in [-0.15, -0.1) is 0 Å². The van der Waals surface area contributed by atoms with E-state index < -0.39 is 39.7 Å². The van der Waals surface area contributed by atoms with E-state index in [4.69, 9.17) is 0 Å². The Hall–Kier alpha value is -3.26. The minimum absolute atomic E-state index is 0.410. The Morgan fingerprint density at radius 3 is 1.05 bits per heavy atom. The van der Waals surface area contributed by atoms with Gasteiger partial charge in [0.05, 0.1) is 0 Å². The molecule has 0 bridgehead atoms. The predicted molar refractivity (Wildman–Crippen MR) is 71.2 cm³/mol. The molecule has 0 spiro atoms. The summed E-state index contributed by atoms with van der Waals surface area (Å²) in [6.45, 7) is 0. The first kappa shape index (κ1) is 15.8. The molecule has 0 aliphatic heterocycles. The molecule has 0 unspecified atom stereocenters. The predicted octanol–water partition coefficient (Wildman–Crippen LogP) is -5.48. The summed E-state index contributed by atoms with van der Waals surface area (Å²) in [6.07, 6.45) is 3.36. The van der Waals surface area contributed by atoms with Crippen molar-refractivity contribution in [1.82, 2.24) is 13.4 Å². The Morgan fingerprint density at radius 2 is 0.857 bits per heavy atom. The van der Waals surface area contributed by atoms with Crippen LogP contribution in [0.25, 0.3) is 0 Å². The Bertz CT molecular complexity index is 720. The smallest absolute Gasteiger partial charge is 0.272 e. The molecule has 15 heteroatoms. The molecule has 0 saturated carbocycles. The van der Waals surface area contributed by atoms with Crippen LogP contribution in [0, 0.1) is 0 Å². The van der Waals surface area contributed by atoms with E-state index in [0.717, 1.165) is 18.2 Å². The molecule has 0 N–H and O–H groups in total. The van der Waals surface area contributed by atoms with Crippen molar-refractivity contribution in [3.05, 3.63) is 31.5 Å². The van der Waals surface area contributed by atoms with Crippen molar-refractivity contribution in [3.63, 3.8) is 0 Å². The zero-order valence-electron chi connectivity index (χ0n) is 10.3. The maximum absolute atomic E-state index is 11.9. The van der Waals surface area contributed by atoms with Crippen molar-refractivity contribution < 1.29 is 14.4 Å². The lowest BCUT2D eigenvalue weighted by atomic mass is 10.1. The van der Waals surface area contributed by atoms with Gasteiger partial charge in [-0.2, -0.15) is 0 Å². The summed E-state index contributed by atoms with van der Waals surface area (Å²) in [4.78, 5) is 74.9. The maximum atomic E-state index is 11.9. The van der Waals surface area contributed by atoms with Crippen molar-refractivity contribution >= 4 is 40.9 Å². The molecular formula is C6H3B3N6O6. The summed E-state index contributed by atoms with van der Waals surface area (Å²) >= 11 is 0. The van der Waals surface area contributed by atoms with Crippen molar-refractivity contribution in [2.75, 3.05) is 0 Å². The number of rotatable bonds is 6. The monoisotopic (exact) mass is 288 g/mol. The maximum Gasteiger partial charge on any atom is 0.404 e. The van der Waals surface area contributed by atoms with Crippen molar-refractivity contribution in [3.8, 4) is 0 Å². The van der Waals surface area contributed by atoms with Gasteiger partial charge in [-0.05, 0) is 0 Å². The van der Waals surface area contributed by atoms with Crippen LogP contribution >= 0.6 is 0 Å². The van der Waals surface area contributed by atoms with Gasteiger partial charge < -0.3 is 0 Å². The first-order valence-corrected chi connectivity index (χ1v) is 5.13. The molecule has 0 aliphatic carbocycles. The average molecular weight is 288 g/mol. The van der Waals surface area contributed by atoms with Crippen LogP contribution in [-0.2, 0) is 14.4 Å². The van der Waals surface area contributed by atoms with Crippen LogP contribution in [0.4, 0.5) is 0 Å².